The Morgan fingerprint density at radius 1 is 1.75 bits per heavy atom. The van der Waals surface area contributed by atoms with Crippen LogP contribution in [0.4, 0.5) is 0 Å². The lowest BCUT2D eigenvalue weighted by molar-refractivity contribution is -0.145. The molecule has 0 amide bonds. The number of morpholine rings is 1. The summed E-state index contributed by atoms with van der Waals surface area (Å²) >= 11 is 0. The van der Waals surface area contributed by atoms with Crippen molar-refractivity contribution in [2.24, 2.45) is 0 Å². The molecule has 0 aromatic rings. The monoisotopic (exact) mass is 173 g/mol. The third-order valence-electron chi connectivity index (χ3n) is 2.20. The summed E-state index contributed by atoms with van der Waals surface area (Å²) in [5.74, 6) is -0.837. The molecule has 12 heavy (non-hydrogen) atoms. The minimum Gasteiger partial charge on any atom is -0.480 e. The van der Waals surface area contributed by atoms with Crippen molar-refractivity contribution in [2.45, 2.75) is 38.5 Å². The van der Waals surface area contributed by atoms with Crippen LogP contribution in [-0.4, -0.2) is 35.9 Å². The molecule has 1 heterocycles. The van der Waals surface area contributed by atoms with Crippen molar-refractivity contribution in [2.75, 3.05) is 6.61 Å². The van der Waals surface area contributed by atoms with Crippen LogP contribution in [0.5, 0.6) is 0 Å². The van der Waals surface area contributed by atoms with Crippen molar-refractivity contribution in [3.8, 4) is 0 Å². The molecule has 70 valence electrons. The second-order valence-electron chi connectivity index (χ2n) is 3.13. The summed E-state index contributed by atoms with van der Waals surface area (Å²) in [6.45, 7) is 4.26. The van der Waals surface area contributed by atoms with Gasteiger partial charge in [0.1, 0.15) is 6.04 Å². The Morgan fingerprint density at radius 3 is 2.83 bits per heavy atom. The second-order valence-corrected chi connectivity index (χ2v) is 3.13. The van der Waals surface area contributed by atoms with Crippen molar-refractivity contribution in [1.29, 1.82) is 0 Å². The highest BCUT2D eigenvalue weighted by Gasteiger charge is 2.29. The van der Waals surface area contributed by atoms with E-state index >= 15 is 0 Å². The topological polar surface area (TPSA) is 58.6 Å². The smallest absolute Gasteiger partial charge is 0.323 e. The first kappa shape index (κ1) is 9.48. The molecule has 1 aliphatic rings. The Balaban J connectivity index is 2.46. The number of hydrogen-bond acceptors (Lipinski definition) is 3. The highest BCUT2D eigenvalue weighted by Crippen LogP contribution is 2.10. The zero-order valence-corrected chi connectivity index (χ0v) is 7.41. The van der Waals surface area contributed by atoms with Gasteiger partial charge in [0.05, 0.1) is 12.7 Å². The van der Waals surface area contributed by atoms with Crippen LogP contribution in [0, 0.1) is 0 Å². The molecular weight excluding hydrogens is 158 g/mol. The van der Waals surface area contributed by atoms with Gasteiger partial charge in [-0.25, -0.2) is 0 Å². The number of hydrogen-bond donors (Lipinski definition) is 2. The molecule has 0 bridgehead atoms. The zero-order valence-electron chi connectivity index (χ0n) is 7.41. The van der Waals surface area contributed by atoms with Gasteiger partial charge in [0, 0.05) is 6.04 Å². The maximum absolute atomic E-state index is 10.6. The Hall–Kier alpha value is -0.610. The normalized spacial score (nSPS) is 36.3. The summed E-state index contributed by atoms with van der Waals surface area (Å²) < 4.78 is 5.37. The van der Waals surface area contributed by atoms with Gasteiger partial charge in [-0.2, -0.15) is 0 Å². The largest absolute Gasteiger partial charge is 0.480 e. The molecule has 0 aliphatic carbocycles. The molecule has 4 nitrogen and oxygen atoms in total. The SMILES string of the molecule is CCC1OCC(C(=O)O)NC1C. The van der Waals surface area contributed by atoms with Gasteiger partial charge in [-0.05, 0) is 13.3 Å². The highest BCUT2D eigenvalue weighted by atomic mass is 16.5. The van der Waals surface area contributed by atoms with Gasteiger partial charge in [0.2, 0.25) is 0 Å². The predicted molar refractivity (Wildman–Crippen MR) is 44.1 cm³/mol. The van der Waals surface area contributed by atoms with E-state index in [4.69, 9.17) is 9.84 Å². The molecule has 0 radical (unpaired) electrons. The van der Waals surface area contributed by atoms with Crippen LogP contribution in [0.25, 0.3) is 0 Å². The van der Waals surface area contributed by atoms with Gasteiger partial charge in [-0.15, -0.1) is 0 Å². The number of carboxylic acids is 1. The van der Waals surface area contributed by atoms with Crippen molar-refractivity contribution >= 4 is 5.97 Å². The maximum Gasteiger partial charge on any atom is 0.323 e. The Bertz CT molecular complexity index is 172. The number of ether oxygens (including phenoxy) is 1. The van der Waals surface area contributed by atoms with Gasteiger partial charge in [0.15, 0.2) is 0 Å². The molecule has 2 N–H and O–H groups in total. The quantitative estimate of drug-likeness (QED) is 0.627. The molecule has 4 heteroatoms. The van der Waals surface area contributed by atoms with E-state index in [9.17, 15) is 4.79 Å². The molecule has 3 unspecified atom stereocenters. The maximum atomic E-state index is 10.6. The summed E-state index contributed by atoms with van der Waals surface area (Å²) in [7, 11) is 0. The van der Waals surface area contributed by atoms with Crippen LogP contribution >= 0.6 is 0 Å². The lowest BCUT2D eigenvalue weighted by atomic mass is 10.1. The molecule has 3 atom stereocenters. The van der Waals surface area contributed by atoms with Gasteiger partial charge in [0.25, 0.3) is 0 Å². The van der Waals surface area contributed by atoms with E-state index in [1.165, 1.54) is 0 Å². The van der Waals surface area contributed by atoms with Crippen LogP contribution < -0.4 is 5.32 Å². The van der Waals surface area contributed by atoms with Crippen molar-refractivity contribution in [1.82, 2.24) is 5.32 Å². The number of rotatable bonds is 2. The van der Waals surface area contributed by atoms with Crippen LogP contribution in [0.2, 0.25) is 0 Å². The minimum atomic E-state index is -0.837. The Kier molecular flexibility index (Phi) is 3.05. The standard InChI is InChI=1S/C8H15NO3/c1-3-7-5(2)9-6(4-12-7)8(10)11/h5-7,9H,3-4H2,1-2H3,(H,10,11). The van der Waals surface area contributed by atoms with E-state index in [1.54, 1.807) is 0 Å². The average Bonchev–Trinajstić information content (AvgIpc) is 2.04. The van der Waals surface area contributed by atoms with Crippen molar-refractivity contribution < 1.29 is 14.6 Å². The van der Waals surface area contributed by atoms with Crippen LogP contribution in [0.15, 0.2) is 0 Å². The summed E-state index contributed by atoms with van der Waals surface area (Å²) in [5, 5.41) is 11.7. The number of carboxylic acid groups (broad SMARTS) is 1. The van der Waals surface area contributed by atoms with Crippen molar-refractivity contribution in [3.63, 3.8) is 0 Å². The fourth-order valence-electron chi connectivity index (χ4n) is 1.45. The fraction of sp³-hybridized carbons (Fsp3) is 0.875. The van der Waals surface area contributed by atoms with E-state index in [2.05, 4.69) is 5.32 Å². The lowest BCUT2D eigenvalue weighted by Crippen LogP contribution is -2.55. The van der Waals surface area contributed by atoms with Gasteiger partial charge in [-0.3, -0.25) is 10.1 Å². The van der Waals surface area contributed by atoms with E-state index in [0.29, 0.717) is 0 Å². The molecule has 1 saturated heterocycles. The van der Waals surface area contributed by atoms with Gasteiger partial charge < -0.3 is 9.84 Å². The van der Waals surface area contributed by atoms with Gasteiger partial charge >= 0.3 is 5.97 Å². The van der Waals surface area contributed by atoms with E-state index in [-0.39, 0.29) is 18.8 Å². The summed E-state index contributed by atoms with van der Waals surface area (Å²) in [5.41, 5.74) is 0. The average molecular weight is 173 g/mol. The number of nitrogens with one attached hydrogen (secondary N) is 1. The molecule has 0 saturated carbocycles. The lowest BCUT2D eigenvalue weighted by Gasteiger charge is -2.33. The fourth-order valence-corrected chi connectivity index (χ4v) is 1.45. The molecule has 0 aromatic carbocycles. The van der Waals surface area contributed by atoms with Crippen molar-refractivity contribution in [3.05, 3.63) is 0 Å². The highest BCUT2D eigenvalue weighted by molar-refractivity contribution is 5.73. The van der Waals surface area contributed by atoms with Crippen LogP contribution in [-0.2, 0) is 9.53 Å². The Morgan fingerprint density at radius 2 is 2.42 bits per heavy atom. The first-order valence-corrected chi connectivity index (χ1v) is 4.25. The molecule has 0 aromatic heterocycles. The first-order chi connectivity index (χ1) is 5.65. The van der Waals surface area contributed by atoms with E-state index in [1.807, 2.05) is 13.8 Å². The first-order valence-electron chi connectivity index (χ1n) is 4.25. The summed E-state index contributed by atoms with van der Waals surface area (Å²) in [6.07, 6.45) is 1.07. The van der Waals surface area contributed by atoms with Gasteiger partial charge in [-0.1, -0.05) is 6.92 Å². The predicted octanol–water partition coefficient (Wildman–Crippen LogP) is 0.226. The summed E-state index contributed by atoms with van der Waals surface area (Å²) in [4.78, 5) is 10.6. The third kappa shape index (κ3) is 1.95. The van der Waals surface area contributed by atoms with Crippen LogP contribution in [0.3, 0.4) is 0 Å². The molecule has 0 spiro atoms. The summed E-state index contributed by atoms with van der Waals surface area (Å²) in [6, 6.07) is -0.410. The Labute approximate surface area is 71.9 Å². The van der Waals surface area contributed by atoms with Crippen LogP contribution in [0.1, 0.15) is 20.3 Å². The molecule has 1 aliphatic heterocycles. The molecule has 1 fully saturated rings. The molecule has 1 rings (SSSR count). The third-order valence-corrected chi connectivity index (χ3v) is 2.20. The molecular formula is C8H15NO3. The number of carbonyl (C=O) groups is 1. The number of aliphatic carboxylic acids is 1. The van der Waals surface area contributed by atoms with E-state index in [0.717, 1.165) is 6.42 Å². The second kappa shape index (κ2) is 3.87. The van der Waals surface area contributed by atoms with E-state index < -0.39 is 12.0 Å². The minimum absolute atomic E-state index is 0.129. The zero-order chi connectivity index (χ0) is 9.14.